The van der Waals surface area contributed by atoms with Gasteiger partial charge in [-0.3, -0.25) is 10.2 Å². The molecule has 0 unspecified atom stereocenters. The van der Waals surface area contributed by atoms with Gasteiger partial charge in [0.15, 0.2) is 0 Å². The van der Waals surface area contributed by atoms with E-state index in [1.807, 2.05) is 27.7 Å². The van der Waals surface area contributed by atoms with Crippen LogP contribution in [0.25, 0.3) is 0 Å². The van der Waals surface area contributed by atoms with Gasteiger partial charge in [-0.25, -0.2) is 4.79 Å². The number of ether oxygens (including phenoxy) is 1. The van der Waals surface area contributed by atoms with Gasteiger partial charge in [-0.2, -0.15) is 0 Å². The summed E-state index contributed by atoms with van der Waals surface area (Å²) >= 11 is 0. The molecule has 2 aromatic rings. The standard InChI is InChI=1S/C25H36N2O2/c1-7-8-16-27(18-21-12-10-9-11-13-21)20(3)22-15-14-19(2)23(17-22)26-24(28)29-25(4,5)6/h9-15,17,20H,7-8,16,18H2,1-6H3,(H,26,28)/t20-/m1/s1. The highest BCUT2D eigenvalue weighted by molar-refractivity contribution is 5.86. The minimum Gasteiger partial charge on any atom is -0.444 e. The predicted molar refractivity (Wildman–Crippen MR) is 121 cm³/mol. The number of benzene rings is 2. The molecular weight excluding hydrogens is 360 g/mol. The number of rotatable bonds is 8. The van der Waals surface area contributed by atoms with Crippen molar-refractivity contribution in [2.75, 3.05) is 11.9 Å². The third-order valence-electron chi connectivity index (χ3n) is 4.95. The van der Waals surface area contributed by atoms with Gasteiger partial charge in [0.2, 0.25) is 0 Å². The first-order valence-corrected chi connectivity index (χ1v) is 10.6. The number of unbranched alkanes of at least 4 members (excludes halogenated alkanes) is 1. The summed E-state index contributed by atoms with van der Waals surface area (Å²) in [6, 6.07) is 17.1. The highest BCUT2D eigenvalue weighted by Gasteiger charge is 2.19. The minimum atomic E-state index is -0.518. The van der Waals surface area contributed by atoms with E-state index in [4.69, 9.17) is 4.74 Å². The van der Waals surface area contributed by atoms with Crippen molar-refractivity contribution in [1.82, 2.24) is 4.90 Å². The lowest BCUT2D eigenvalue weighted by atomic mass is 10.0. The molecule has 158 valence electrons. The maximum atomic E-state index is 12.2. The van der Waals surface area contributed by atoms with Gasteiger partial charge in [-0.1, -0.05) is 55.8 Å². The van der Waals surface area contributed by atoms with Gasteiger partial charge in [0.25, 0.3) is 0 Å². The van der Waals surface area contributed by atoms with Crippen LogP contribution in [0, 0.1) is 6.92 Å². The number of nitrogens with zero attached hydrogens (tertiary/aromatic N) is 1. The second kappa shape index (κ2) is 10.4. The van der Waals surface area contributed by atoms with Crippen molar-refractivity contribution >= 4 is 11.8 Å². The van der Waals surface area contributed by atoms with Gasteiger partial charge in [0.05, 0.1) is 0 Å². The highest BCUT2D eigenvalue weighted by Crippen LogP contribution is 2.27. The monoisotopic (exact) mass is 396 g/mol. The van der Waals surface area contributed by atoms with Gasteiger partial charge >= 0.3 is 6.09 Å². The van der Waals surface area contributed by atoms with Crippen LogP contribution in [0.5, 0.6) is 0 Å². The topological polar surface area (TPSA) is 41.6 Å². The maximum absolute atomic E-state index is 12.2. The summed E-state index contributed by atoms with van der Waals surface area (Å²) in [6.45, 7) is 14.0. The number of amides is 1. The summed E-state index contributed by atoms with van der Waals surface area (Å²) in [6.07, 6.45) is 1.90. The van der Waals surface area contributed by atoms with Gasteiger partial charge in [-0.15, -0.1) is 0 Å². The van der Waals surface area contributed by atoms with E-state index in [9.17, 15) is 4.79 Å². The molecule has 0 bridgehead atoms. The molecule has 0 spiro atoms. The molecule has 0 heterocycles. The van der Waals surface area contributed by atoms with Crippen molar-refractivity contribution in [3.63, 3.8) is 0 Å². The van der Waals surface area contributed by atoms with E-state index in [1.165, 1.54) is 11.1 Å². The molecule has 0 radical (unpaired) electrons. The van der Waals surface area contributed by atoms with Gasteiger partial charge in [0.1, 0.15) is 5.60 Å². The Morgan fingerprint density at radius 2 is 1.83 bits per heavy atom. The normalized spacial score (nSPS) is 12.7. The average molecular weight is 397 g/mol. The van der Waals surface area contributed by atoms with Gasteiger partial charge in [0, 0.05) is 18.3 Å². The molecule has 2 aromatic carbocycles. The van der Waals surface area contributed by atoms with Crippen LogP contribution in [0.2, 0.25) is 0 Å². The summed E-state index contributed by atoms with van der Waals surface area (Å²) in [5.41, 5.74) is 3.81. The van der Waals surface area contributed by atoms with Crippen LogP contribution >= 0.6 is 0 Å². The first-order chi connectivity index (χ1) is 13.7. The molecule has 29 heavy (non-hydrogen) atoms. The number of anilines is 1. The first-order valence-electron chi connectivity index (χ1n) is 10.6. The molecular formula is C25H36N2O2. The lowest BCUT2D eigenvalue weighted by Crippen LogP contribution is -2.28. The highest BCUT2D eigenvalue weighted by atomic mass is 16.6. The summed E-state index contributed by atoms with van der Waals surface area (Å²) in [4.78, 5) is 14.7. The smallest absolute Gasteiger partial charge is 0.412 e. The summed E-state index contributed by atoms with van der Waals surface area (Å²) in [5, 5.41) is 2.91. The van der Waals surface area contributed by atoms with E-state index in [0.29, 0.717) is 0 Å². The largest absolute Gasteiger partial charge is 0.444 e. The molecule has 0 aliphatic rings. The van der Waals surface area contributed by atoms with Crippen LogP contribution in [0.4, 0.5) is 10.5 Å². The molecule has 1 N–H and O–H groups in total. The Labute approximate surface area is 176 Å². The Balaban J connectivity index is 2.19. The zero-order valence-electron chi connectivity index (χ0n) is 18.8. The van der Waals surface area contributed by atoms with E-state index in [-0.39, 0.29) is 6.04 Å². The van der Waals surface area contributed by atoms with Crippen molar-refractivity contribution in [3.8, 4) is 0 Å². The predicted octanol–water partition coefficient (Wildman–Crippen LogP) is 6.71. The Morgan fingerprint density at radius 3 is 2.45 bits per heavy atom. The van der Waals surface area contributed by atoms with Gasteiger partial charge in [-0.05, 0) is 70.3 Å². The molecule has 0 fully saturated rings. The summed E-state index contributed by atoms with van der Waals surface area (Å²) in [5.74, 6) is 0. The molecule has 4 heteroatoms. The fourth-order valence-corrected chi connectivity index (χ4v) is 3.25. The third kappa shape index (κ3) is 7.54. The number of aryl methyl sites for hydroxylation is 1. The molecule has 0 aromatic heterocycles. The van der Waals surface area contributed by atoms with Crippen LogP contribution in [0.15, 0.2) is 48.5 Å². The van der Waals surface area contributed by atoms with E-state index in [0.717, 1.165) is 37.2 Å². The summed E-state index contributed by atoms with van der Waals surface area (Å²) in [7, 11) is 0. The van der Waals surface area contributed by atoms with Crippen LogP contribution in [-0.2, 0) is 11.3 Å². The lowest BCUT2D eigenvalue weighted by molar-refractivity contribution is 0.0636. The van der Waals surface area contributed by atoms with Crippen LogP contribution < -0.4 is 5.32 Å². The number of carbonyl (C=O) groups excluding carboxylic acids is 1. The molecule has 1 atom stereocenters. The number of hydrogen-bond acceptors (Lipinski definition) is 3. The van der Waals surface area contributed by atoms with Crippen molar-refractivity contribution in [2.45, 2.75) is 72.6 Å². The van der Waals surface area contributed by atoms with Crippen molar-refractivity contribution < 1.29 is 9.53 Å². The van der Waals surface area contributed by atoms with Gasteiger partial charge < -0.3 is 4.74 Å². The molecule has 0 saturated heterocycles. The van der Waals surface area contributed by atoms with E-state index in [2.05, 4.69) is 72.6 Å². The molecule has 0 aliphatic carbocycles. The Bertz CT molecular complexity index is 781. The minimum absolute atomic E-state index is 0.238. The molecule has 2 rings (SSSR count). The van der Waals surface area contributed by atoms with Crippen LogP contribution in [-0.4, -0.2) is 23.1 Å². The summed E-state index contributed by atoms with van der Waals surface area (Å²) < 4.78 is 5.42. The number of hydrogen-bond donors (Lipinski definition) is 1. The van der Waals surface area contributed by atoms with E-state index < -0.39 is 11.7 Å². The Kier molecular flexibility index (Phi) is 8.27. The quantitative estimate of drug-likeness (QED) is 0.539. The maximum Gasteiger partial charge on any atom is 0.412 e. The SMILES string of the molecule is CCCCN(Cc1ccccc1)[C@H](C)c1ccc(C)c(NC(=O)OC(C)(C)C)c1. The van der Waals surface area contributed by atoms with Crippen LogP contribution in [0.1, 0.15) is 70.2 Å². The zero-order valence-corrected chi connectivity index (χ0v) is 18.8. The third-order valence-corrected chi connectivity index (χ3v) is 4.95. The van der Waals surface area contributed by atoms with Crippen molar-refractivity contribution in [3.05, 3.63) is 65.2 Å². The molecule has 1 amide bonds. The number of carbonyl (C=O) groups is 1. The van der Waals surface area contributed by atoms with E-state index >= 15 is 0 Å². The fraction of sp³-hybridized carbons (Fsp3) is 0.480. The second-order valence-corrected chi connectivity index (χ2v) is 8.69. The first kappa shape index (κ1) is 23.0. The number of nitrogens with one attached hydrogen (secondary N) is 1. The Morgan fingerprint density at radius 1 is 1.14 bits per heavy atom. The zero-order chi connectivity index (χ0) is 21.4. The second-order valence-electron chi connectivity index (χ2n) is 8.69. The van der Waals surface area contributed by atoms with Crippen LogP contribution in [0.3, 0.4) is 0 Å². The van der Waals surface area contributed by atoms with E-state index in [1.54, 1.807) is 0 Å². The Hall–Kier alpha value is -2.33. The molecule has 0 aliphatic heterocycles. The lowest BCUT2D eigenvalue weighted by Gasteiger charge is -2.30. The molecule has 0 saturated carbocycles. The van der Waals surface area contributed by atoms with Crippen molar-refractivity contribution in [1.29, 1.82) is 0 Å². The average Bonchev–Trinajstić information content (AvgIpc) is 2.65. The molecule has 4 nitrogen and oxygen atoms in total. The van der Waals surface area contributed by atoms with Crippen molar-refractivity contribution in [2.24, 2.45) is 0 Å². The fourth-order valence-electron chi connectivity index (χ4n) is 3.25.